The summed E-state index contributed by atoms with van der Waals surface area (Å²) < 4.78 is 0. The number of halogens is 2. The molecule has 1 aliphatic rings. The van der Waals surface area contributed by atoms with Gasteiger partial charge in [0.25, 0.3) is 0 Å². The van der Waals surface area contributed by atoms with Crippen LogP contribution in [0.2, 0.25) is 5.02 Å². The maximum atomic E-state index is 5.80. The van der Waals surface area contributed by atoms with Gasteiger partial charge >= 0.3 is 0 Å². The highest BCUT2D eigenvalue weighted by Crippen LogP contribution is 2.23. The van der Waals surface area contributed by atoms with Crippen molar-refractivity contribution in [3.63, 3.8) is 0 Å². The smallest absolute Gasteiger partial charge is 0.0406 e. The minimum atomic E-state index is 0. The van der Waals surface area contributed by atoms with Crippen molar-refractivity contribution in [3.8, 4) is 0 Å². The Morgan fingerprint density at radius 3 is 2.46 bits per heavy atom. The highest BCUT2D eigenvalue weighted by atomic mass is 35.5. The fourth-order valence-corrected chi connectivity index (χ4v) is 1.80. The van der Waals surface area contributed by atoms with Crippen molar-refractivity contribution in [1.29, 1.82) is 0 Å². The minimum Gasteiger partial charge on any atom is -0.316 e. The van der Waals surface area contributed by atoms with Crippen LogP contribution >= 0.6 is 24.0 Å². The van der Waals surface area contributed by atoms with E-state index in [2.05, 4.69) is 17.4 Å². The molecule has 0 spiro atoms. The summed E-state index contributed by atoms with van der Waals surface area (Å²) in [4.78, 5) is 0. The molecule has 0 aromatic heterocycles. The maximum Gasteiger partial charge on any atom is 0.0406 e. The molecule has 0 amide bonds. The van der Waals surface area contributed by atoms with Gasteiger partial charge < -0.3 is 5.32 Å². The van der Waals surface area contributed by atoms with E-state index in [1.807, 2.05) is 12.1 Å². The summed E-state index contributed by atoms with van der Waals surface area (Å²) in [6.07, 6.45) is 1.25. The first kappa shape index (κ1) is 10.8. The number of rotatable bonds is 1. The Bertz CT molecular complexity index is 252. The van der Waals surface area contributed by atoms with Gasteiger partial charge in [0, 0.05) is 11.6 Å². The summed E-state index contributed by atoms with van der Waals surface area (Å²) in [5.41, 5.74) is 1.41. The van der Waals surface area contributed by atoms with Crippen LogP contribution in [0.3, 0.4) is 0 Å². The molecule has 0 unspecified atom stereocenters. The highest BCUT2D eigenvalue weighted by molar-refractivity contribution is 6.30. The van der Waals surface area contributed by atoms with Crippen LogP contribution in [-0.4, -0.2) is 13.1 Å². The lowest BCUT2D eigenvalue weighted by Crippen LogP contribution is -2.07. The van der Waals surface area contributed by atoms with Crippen molar-refractivity contribution in [2.24, 2.45) is 0 Å². The molecule has 0 aliphatic carbocycles. The van der Waals surface area contributed by atoms with Crippen LogP contribution in [-0.2, 0) is 0 Å². The summed E-state index contributed by atoms with van der Waals surface area (Å²) in [5.74, 6) is 0.697. The predicted octanol–water partition coefficient (Wildman–Crippen LogP) is 2.84. The third-order valence-electron chi connectivity index (χ3n) is 2.40. The van der Waals surface area contributed by atoms with Crippen LogP contribution in [0, 0.1) is 0 Å². The van der Waals surface area contributed by atoms with Crippen LogP contribution < -0.4 is 5.32 Å². The maximum absolute atomic E-state index is 5.80. The molecule has 3 heteroatoms. The normalized spacial score (nSPS) is 21.2. The lowest BCUT2D eigenvalue weighted by atomic mass is 9.99. The zero-order valence-electron chi connectivity index (χ0n) is 7.29. The Balaban J connectivity index is 0.000000845. The molecule has 2 rings (SSSR count). The van der Waals surface area contributed by atoms with Gasteiger partial charge in [0.15, 0.2) is 0 Å². The van der Waals surface area contributed by atoms with E-state index >= 15 is 0 Å². The second kappa shape index (κ2) is 4.85. The van der Waals surface area contributed by atoms with Gasteiger partial charge in [-0.1, -0.05) is 23.7 Å². The average molecular weight is 218 g/mol. The van der Waals surface area contributed by atoms with E-state index in [0.717, 1.165) is 18.1 Å². The number of benzene rings is 1. The van der Waals surface area contributed by atoms with Crippen molar-refractivity contribution in [3.05, 3.63) is 34.9 Å². The first-order chi connectivity index (χ1) is 5.86. The lowest BCUT2D eigenvalue weighted by Gasteiger charge is -2.07. The fourth-order valence-electron chi connectivity index (χ4n) is 1.67. The zero-order valence-corrected chi connectivity index (χ0v) is 8.87. The Morgan fingerprint density at radius 2 is 1.92 bits per heavy atom. The number of nitrogens with one attached hydrogen (secondary N) is 1. The molecule has 1 N–H and O–H groups in total. The molecule has 1 heterocycles. The quantitative estimate of drug-likeness (QED) is 0.764. The van der Waals surface area contributed by atoms with E-state index in [9.17, 15) is 0 Å². The second-order valence-electron chi connectivity index (χ2n) is 3.24. The van der Waals surface area contributed by atoms with E-state index in [4.69, 9.17) is 11.6 Å². The standard InChI is InChI=1S/C10H12ClN.ClH/c11-10-3-1-8(2-4-10)9-5-6-12-7-9;/h1-4,9,12H,5-7H2;1H/t9-;/m0./s1. The molecule has 1 aromatic carbocycles. The topological polar surface area (TPSA) is 12.0 Å². The molecular weight excluding hydrogens is 205 g/mol. The molecule has 1 aromatic rings. The molecular formula is C10H13Cl2N. The Morgan fingerprint density at radius 1 is 1.23 bits per heavy atom. The third-order valence-corrected chi connectivity index (χ3v) is 2.65. The molecule has 72 valence electrons. The molecule has 1 fully saturated rings. The van der Waals surface area contributed by atoms with Gasteiger partial charge in [0.2, 0.25) is 0 Å². The largest absolute Gasteiger partial charge is 0.316 e. The van der Waals surface area contributed by atoms with Crippen LogP contribution in [0.4, 0.5) is 0 Å². The van der Waals surface area contributed by atoms with Gasteiger partial charge in [-0.25, -0.2) is 0 Å². The Kier molecular flexibility index (Phi) is 4.04. The number of hydrogen-bond donors (Lipinski definition) is 1. The van der Waals surface area contributed by atoms with E-state index in [0.29, 0.717) is 5.92 Å². The monoisotopic (exact) mass is 217 g/mol. The summed E-state index contributed by atoms with van der Waals surface area (Å²) in [6.45, 7) is 2.26. The SMILES string of the molecule is Cl.Clc1ccc([C@H]2CCNC2)cc1. The van der Waals surface area contributed by atoms with Crippen LogP contribution in [0.1, 0.15) is 17.9 Å². The van der Waals surface area contributed by atoms with Crippen molar-refractivity contribution >= 4 is 24.0 Å². The van der Waals surface area contributed by atoms with Gasteiger partial charge in [-0.2, -0.15) is 0 Å². The van der Waals surface area contributed by atoms with Crippen LogP contribution in [0.15, 0.2) is 24.3 Å². The van der Waals surface area contributed by atoms with Gasteiger partial charge in [-0.05, 0) is 36.6 Å². The summed E-state index contributed by atoms with van der Waals surface area (Å²) in [6, 6.07) is 8.18. The third kappa shape index (κ3) is 2.60. The van der Waals surface area contributed by atoms with E-state index < -0.39 is 0 Å². The summed E-state index contributed by atoms with van der Waals surface area (Å²) in [7, 11) is 0. The molecule has 1 nitrogen and oxygen atoms in total. The minimum absolute atomic E-state index is 0. The fraction of sp³-hybridized carbons (Fsp3) is 0.400. The van der Waals surface area contributed by atoms with Gasteiger partial charge in [0.05, 0.1) is 0 Å². The van der Waals surface area contributed by atoms with E-state index in [-0.39, 0.29) is 12.4 Å². The molecule has 0 bridgehead atoms. The number of hydrogen-bond acceptors (Lipinski definition) is 1. The average Bonchev–Trinajstić information content (AvgIpc) is 2.58. The van der Waals surface area contributed by atoms with Gasteiger partial charge in [-0.3, -0.25) is 0 Å². The summed E-state index contributed by atoms with van der Waals surface area (Å²) >= 11 is 5.80. The van der Waals surface area contributed by atoms with Crippen molar-refractivity contribution in [1.82, 2.24) is 5.32 Å². The highest BCUT2D eigenvalue weighted by Gasteiger charge is 2.15. The van der Waals surface area contributed by atoms with Crippen molar-refractivity contribution < 1.29 is 0 Å². The first-order valence-corrected chi connectivity index (χ1v) is 4.70. The molecule has 0 saturated carbocycles. The summed E-state index contributed by atoms with van der Waals surface area (Å²) in [5, 5.41) is 4.18. The zero-order chi connectivity index (χ0) is 8.39. The van der Waals surface area contributed by atoms with E-state index in [1.54, 1.807) is 0 Å². The van der Waals surface area contributed by atoms with Crippen molar-refractivity contribution in [2.75, 3.05) is 13.1 Å². The van der Waals surface area contributed by atoms with Crippen LogP contribution in [0.25, 0.3) is 0 Å². The molecule has 1 atom stereocenters. The van der Waals surface area contributed by atoms with E-state index in [1.165, 1.54) is 12.0 Å². The Labute approximate surface area is 89.9 Å². The second-order valence-corrected chi connectivity index (χ2v) is 3.68. The first-order valence-electron chi connectivity index (χ1n) is 4.32. The Hall–Kier alpha value is -0.240. The van der Waals surface area contributed by atoms with Crippen molar-refractivity contribution in [2.45, 2.75) is 12.3 Å². The predicted molar refractivity (Wildman–Crippen MR) is 58.9 cm³/mol. The molecule has 1 saturated heterocycles. The van der Waals surface area contributed by atoms with Gasteiger partial charge in [0.1, 0.15) is 0 Å². The lowest BCUT2D eigenvalue weighted by molar-refractivity contribution is 0.763. The van der Waals surface area contributed by atoms with Crippen LogP contribution in [0.5, 0.6) is 0 Å². The molecule has 0 radical (unpaired) electrons. The molecule has 13 heavy (non-hydrogen) atoms. The van der Waals surface area contributed by atoms with Gasteiger partial charge in [-0.15, -0.1) is 12.4 Å². The molecule has 1 aliphatic heterocycles.